The number of fused-ring (bicyclic) bond motifs is 5. The highest BCUT2D eigenvalue weighted by Crippen LogP contribution is 2.65. The Bertz CT molecular complexity index is 775. The predicted molar refractivity (Wildman–Crippen MR) is 105 cm³/mol. The normalized spacial score (nSPS) is 45.2. The first-order valence-electron chi connectivity index (χ1n) is 10.1. The number of allylic oxidation sites excluding steroid dienone is 3. The Morgan fingerprint density at radius 3 is 2.85 bits per heavy atom. The van der Waals surface area contributed by atoms with E-state index < -0.39 is 5.60 Å². The molecule has 4 heteroatoms. The molecule has 27 heavy (non-hydrogen) atoms. The van der Waals surface area contributed by atoms with Crippen molar-refractivity contribution in [2.45, 2.75) is 63.4 Å². The number of ketones is 1. The predicted octanol–water partition coefficient (Wildman–Crippen LogP) is 4.45. The Morgan fingerprint density at radius 1 is 1.41 bits per heavy atom. The van der Waals surface area contributed by atoms with Crippen LogP contribution in [0, 0.1) is 41.4 Å². The standard InChI is InChI=1S/C23H27ClO3/c1-4-22-13-20(24)21-17-9-7-16(26)12-15(17)6-8-18(21)19(22)10-11-23(22,5-2)27-14(3)25/h2,10-12,17-21H,4,6-9,13H2,1,3H3/t17-,18-,19-,20-,21+,22-,23-/m0/s1. The molecule has 0 spiro atoms. The largest absolute Gasteiger partial charge is 0.442 e. The number of hydrogen-bond donors (Lipinski definition) is 0. The first-order chi connectivity index (χ1) is 12.9. The van der Waals surface area contributed by atoms with E-state index >= 15 is 0 Å². The molecular weight excluding hydrogens is 360 g/mol. The number of halogens is 1. The monoisotopic (exact) mass is 386 g/mol. The van der Waals surface area contributed by atoms with Gasteiger partial charge < -0.3 is 4.74 Å². The van der Waals surface area contributed by atoms with Gasteiger partial charge in [0.15, 0.2) is 11.4 Å². The number of terminal acetylenes is 1. The van der Waals surface area contributed by atoms with Crippen molar-refractivity contribution in [1.82, 2.24) is 0 Å². The van der Waals surface area contributed by atoms with Crippen LogP contribution in [0.2, 0.25) is 0 Å². The summed E-state index contributed by atoms with van der Waals surface area (Å²) in [5.74, 6) is 4.18. The topological polar surface area (TPSA) is 43.4 Å². The fourth-order valence-electron chi connectivity index (χ4n) is 6.72. The Kier molecular flexibility index (Phi) is 4.54. The molecule has 0 bridgehead atoms. The molecule has 0 saturated heterocycles. The summed E-state index contributed by atoms with van der Waals surface area (Å²) in [6, 6.07) is 0. The van der Waals surface area contributed by atoms with E-state index in [2.05, 4.69) is 18.9 Å². The van der Waals surface area contributed by atoms with E-state index in [0.717, 1.165) is 32.1 Å². The van der Waals surface area contributed by atoms with Crippen molar-refractivity contribution in [3.8, 4) is 12.3 Å². The van der Waals surface area contributed by atoms with Crippen LogP contribution in [0.5, 0.6) is 0 Å². The highest BCUT2D eigenvalue weighted by molar-refractivity contribution is 6.21. The summed E-state index contributed by atoms with van der Waals surface area (Å²) < 4.78 is 5.78. The molecule has 0 aromatic heterocycles. The molecule has 4 aliphatic carbocycles. The van der Waals surface area contributed by atoms with Crippen LogP contribution < -0.4 is 0 Å². The third kappa shape index (κ3) is 2.56. The van der Waals surface area contributed by atoms with Gasteiger partial charge in [0, 0.05) is 24.1 Å². The number of alkyl halides is 1. The quantitative estimate of drug-likeness (QED) is 0.305. The van der Waals surface area contributed by atoms with E-state index in [9.17, 15) is 9.59 Å². The van der Waals surface area contributed by atoms with E-state index in [1.807, 2.05) is 12.2 Å². The lowest BCUT2D eigenvalue weighted by molar-refractivity contribution is -0.165. The fourth-order valence-corrected chi connectivity index (χ4v) is 7.36. The summed E-state index contributed by atoms with van der Waals surface area (Å²) in [5, 5.41) is -0.0312. The van der Waals surface area contributed by atoms with Gasteiger partial charge >= 0.3 is 5.97 Å². The summed E-state index contributed by atoms with van der Waals surface area (Å²) in [6.45, 7) is 3.55. The van der Waals surface area contributed by atoms with Gasteiger partial charge in [0.1, 0.15) is 0 Å². The maximum atomic E-state index is 11.9. The van der Waals surface area contributed by atoms with Crippen LogP contribution in [0.3, 0.4) is 0 Å². The van der Waals surface area contributed by atoms with Gasteiger partial charge in [-0.15, -0.1) is 18.0 Å². The first kappa shape index (κ1) is 18.8. The molecule has 0 aromatic rings. The van der Waals surface area contributed by atoms with Crippen molar-refractivity contribution in [2.24, 2.45) is 29.1 Å². The minimum atomic E-state index is -1.00. The van der Waals surface area contributed by atoms with Gasteiger partial charge in [0.2, 0.25) is 0 Å². The maximum absolute atomic E-state index is 11.9. The zero-order chi connectivity index (χ0) is 19.4. The van der Waals surface area contributed by atoms with Crippen LogP contribution in [0.1, 0.15) is 52.4 Å². The molecule has 2 saturated carbocycles. The van der Waals surface area contributed by atoms with E-state index in [0.29, 0.717) is 24.2 Å². The number of esters is 1. The van der Waals surface area contributed by atoms with Gasteiger partial charge in [0.25, 0.3) is 0 Å². The lowest BCUT2D eigenvalue weighted by Gasteiger charge is -2.58. The first-order valence-corrected chi connectivity index (χ1v) is 10.5. The minimum absolute atomic E-state index is 0.0312. The van der Waals surface area contributed by atoms with E-state index in [1.54, 1.807) is 0 Å². The molecule has 0 aliphatic heterocycles. The minimum Gasteiger partial charge on any atom is -0.442 e. The Balaban J connectivity index is 1.74. The molecule has 0 aromatic carbocycles. The number of carbonyl (C=O) groups is 2. The van der Waals surface area contributed by atoms with Gasteiger partial charge in [-0.05, 0) is 67.9 Å². The lowest BCUT2D eigenvalue weighted by atomic mass is 9.49. The van der Waals surface area contributed by atoms with Gasteiger partial charge in [-0.1, -0.05) is 24.5 Å². The highest BCUT2D eigenvalue weighted by Gasteiger charge is 2.65. The van der Waals surface area contributed by atoms with Crippen molar-refractivity contribution in [3.05, 3.63) is 23.8 Å². The van der Waals surface area contributed by atoms with Gasteiger partial charge in [-0.25, -0.2) is 0 Å². The fraction of sp³-hybridized carbons (Fsp3) is 0.652. The Hall–Kier alpha value is -1.53. The molecule has 0 amide bonds. The summed E-state index contributed by atoms with van der Waals surface area (Å²) >= 11 is 7.05. The van der Waals surface area contributed by atoms with Crippen LogP contribution >= 0.6 is 11.6 Å². The van der Waals surface area contributed by atoms with Crippen LogP contribution in [0.25, 0.3) is 0 Å². The smallest absolute Gasteiger partial charge is 0.304 e. The molecule has 0 unspecified atom stereocenters. The average molecular weight is 387 g/mol. The summed E-state index contributed by atoms with van der Waals surface area (Å²) in [7, 11) is 0. The number of carbonyl (C=O) groups excluding carboxylic acids is 2. The molecule has 0 heterocycles. The highest BCUT2D eigenvalue weighted by atomic mass is 35.5. The van der Waals surface area contributed by atoms with Crippen molar-refractivity contribution in [3.63, 3.8) is 0 Å². The number of ether oxygens (including phenoxy) is 1. The second-order valence-electron chi connectivity index (χ2n) is 8.70. The molecular formula is C23H27ClO3. The lowest BCUT2D eigenvalue weighted by Crippen LogP contribution is -2.58. The van der Waals surface area contributed by atoms with Crippen LogP contribution in [0.15, 0.2) is 23.8 Å². The summed E-state index contributed by atoms with van der Waals surface area (Å²) in [5.41, 5.74) is -0.0471. The third-order valence-electron chi connectivity index (χ3n) is 7.75. The molecule has 3 nitrogen and oxygen atoms in total. The van der Waals surface area contributed by atoms with Crippen molar-refractivity contribution in [1.29, 1.82) is 0 Å². The van der Waals surface area contributed by atoms with Crippen LogP contribution in [0.4, 0.5) is 0 Å². The van der Waals surface area contributed by atoms with E-state index in [4.69, 9.17) is 22.8 Å². The average Bonchev–Trinajstić information content (AvgIpc) is 2.95. The Morgan fingerprint density at radius 2 is 2.19 bits per heavy atom. The molecule has 0 N–H and O–H groups in total. The van der Waals surface area contributed by atoms with Crippen molar-refractivity contribution in [2.75, 3.05) is 0 Å². The zero-order valence-electron chi connectivity index (χ0n) is 16.0. The van der Waals surface area contributed by atoms with E-state index in [-0.39, 0.29) is 28.5 Å². The molecule has 4 aliphatic rings. The molecule has 144 valence electrons. The van der Waals surface area contributed by atoms with Crippen LogP contribution in [-0.4, -0.2) is 22.7 Å². The summed E-state index contributed by atoms with van der Waals surface area (Å²) in [4.78, 5) is 23.7. The van der Waals surface area contributed by atoms with Gasteiger partial charge in [0.05, 0.1) is 0 Å². The van der Waals surface area contributed by atoms with Crippen molar-refractivity contribution >= 4 is 23.4 Å². The second kappa shape index (κ2) is 6.52. The third-order valence-corrected chi connectivity index (χ3v) is 8.20. The van der Waals surface area contributed by atoms with Crippen LogP contribution in [-0.2, 0) is 14.3 Å². The second-order valence-corrected chi connectivity index (χ2v) is 9.26. The molecule has 7 atom stereocenters. The number of hydrogen-bond acceptors (Lipinski definition) is 3. The van der Waals surface area contributed by atoms with E-state index in [1.165, 1.54) is 12.5 Å². The van der Waals surface area contributed by atoms with Gasteiger partial charge in [-0.3, -0.25) is 9.59 Å². The van der Waals surface area contributed by atoms with Crippen molar-refractivity contribution < 1.29 is 14.3 Å². The molecule has 2 fully saturated rings. The summed E-state index contributed by atoms with van der Waals surface area (Å²) in [6.07, 6.45) is 17.1. The van der Waals surface area contributed by atoms with Gasteiger partial charge in [-0.2, -0.15) is 0 Å². The number of rotatable bonds is 2. The maximum Gasteiger partial charge on any atom is 0.304 e. The molecule has 0 radical (unpaired) electrons. The SMILES string of the molecule is C#C[C@]1(OC(C)=O)C=C[C@H]2[C@@H]3CCC4=CC(=O)CC[C@@H]4[C@H]3[C@@H](Cl)C[C@@]21CC. The Labute approximate surface area is 166 Å². The zero-order valence-corrected chi connectivity index (χ0v) is 16.8. The molecule has 4 rings (SSSR count).